The monoisotopic (exact) mass is 406 g/mol. The van der Waals surface area contributed by atoms with Crippen LogP contribution in [-0.2, 0) is 6.54 Å². The molecule has 4 rings (SSSR count). The molecule has 0 spiro atoms. The first-order valence-electron chi connectivity index (χ1n) is 10.4. The lowest BCUT2D eigenvalue weighted by Gasteiger charge is -2.16. The van der Waals surface area contributed by atoms with Crippen molar-refractivity contribution < 1.29 is 9.53 Å². The van der Waals surface area contributed by atoms with Crippen molar-refractivity contribution in [3.05, 3.63) is 64.6 Å². The van der Waals surface area contributed by atoms with Gasteiger partial charge in [0.1, 0.15) is 5.75 Å². The minimum absolute atomic E-state index is 0.0589. The van der Waals surface area contributed by atoms with Gasteiger partial charge in [-0.05, 0) is 38.0 Å². The number of benzene rings is 2. The number of anilines is 1. The Morgan fingerprint density at radius 3 is 2.57 bits per heavy atom. The number of amides is 2. The Morgan fingerprint density at radius 1 is 1.10 bits per heavy atom. The van der Waals surface area contributed by atoms with E-state index in [4.69, 9.17) is 4.74 Å². The van der Waals surface area contributed by atoms with Crippen LogP contribution >= 0.6 is 0 Å². The molecule has 30 heavy (non-hydrogen) atoms. The van der Waals surface area contributed by atoms with Crippen molar-refractivity contribution in [1.82, 2.24) is 15.1 Å². The average molecular weight is 406 g/mol. The number of ether oxygens (including phenoxy) is 1. The standard InChI is InChI=1S/C23H26N4O3/c1-2-30-21-14-8-7-13-19(21)25-23(29)24-15-20-17-11-5-6-12-18(17)22(28)27(26-20)16-9-3-4-10-16/h5-8,11-14,16H,2-4,9-10,15H2,1H3,(H2,24,25,29). The van der Waals surface area contributed by atoms with Gasteiger partial charge in [-0.2, -0.15) is 5.10 Å². The Morgan fingerprint density at radius 2 is 1.80 bits per heavy atom. The zero-order chi connectivity index (χ0) is 20.9. The van der Waals surface area contributed by atoms with Crippen LogP contribution in [0, 0.1) is 0 Å². The first-order valence-corrected chi connectivity index (χ1v) is 10.4. The van der Waals surface area contributed by atoms with Crippen molar-refractivity contribution >= 4 is 22.5 Å². The molecule has 156 valence electrons. The predicted molar refractivity (Wildman–Crippen MR) is 117 cm³/mol. The van der Waals surface area contributed by atoms with E-state index in [0.29, 0.717) is 29.1 Å². The lowest BCUT2D eigenvalue weighted by atomic mass is 10.1. The summed E-state index contributed by atoms with van der Waals surface area (Å²) in [5.41, 5.74) is 1.23. The molecular formula is C23H26N4O3. The number of carbonyl (C=O) groups excluding carboxylic acids is 1. The highest BCUT2D eigenvalue weighted by molar-refractivity contribution is 5.91. The highest BCUT2D eigenvalue weighted by Gasteiger charge is 2.21. The summed E-state index contributed by atoms with van der Waals surface area (Å²) < 4.78 is 7.17. The minimum atomic E-state index is -0.355. The van der Waals surface area contributed by atoms with E-state index in [9.17, 15) is 9.59 Å². The number of nitrogens with one attached hydrogen (secondary N) is 2. The van der Waals surface area contributed by atoms with Crippen molar-refractivity contribution in [3.8, 4) is 5.75 Å². The smallest absolute Gasteiger partial charge is 0.319 e. The normalized spacial score (nSPS) is 14.0. The number of para-hydroxylation sites is 2. The molecule has 1 aliphatic carbocycles. The number of carbonyl (C=O) groups is 1. The Bertz CT molecular complexity index is 1100. The van der Waals surface area contributed by atoms with Gasteiger partial charge in [-0.15, -0.1) is 0 Å². The summed E-state index contributed by atoms with van der Waals surface area (Å²) in [6, 6.07) is 14.5. The van der Waals surface area contributed by atoms with Crippen LogP contribution in [0.15, 0.2) is 53.3 Å². The van der Waals surface area contributed by atoms with Crippen LogP contribution in [0.25, 0.3) is 10.8 Å². The molecule has 0 aliphatic heterocycles. The van der Waals surface area contributed by atoms with Gasteiger partial charge in [0.15, 0.2) is 0 Å². The van der Waals surface area contributed by atoms with E-state index in [-0.39, 0.29) is 24.2 Å². The van der Waals surface area contributed by atoms with Crippen LogP contribution in [0.2, 0.25) is 0 Å². The van der Waals surface area contributed by atoms with E-state index < -0.39 is 0 Å². The van der Waals surface area contributed by atoms with Crippen LogP contribution in [-0.4, -0.2) is 22.4 Å². The molecule has 2 N–H and O–H groups in total. The van der Waals surface area contributed by atoms with Gasteiger partial charge in [0.05, 0.1) is 36.0 Å². The fourth-order valence-corrected chi connectivity index (χ4v) is 3.98. The summed E-state index contributed by atoms with van der Waals surface area (Å²) in [5.74, 6) is 0.619. The quantitative estimate of drug-likeness (QED) is 0.641. The molecule has 0 bridgehead atoms. The SMILES string of the molecule is CCOc1ccccc1NC(=O)NCc1nn(C2CCCC2)c(=O)c2ccccc12. The molecule has 0 saturated heterocycles. The van der Waals surface area contributed by atoms with Gasteiger partial charge >= 0.3 is 6.03 Å². The molecule has 1 fully saturated rings. The topological polar surface area (TPSA) is 85.2 Å². The van der Waals surface area contributed by atoms with E-state index in [1.54, 1.807) is 10.7 Å². The number of hydrogen-bond donors (Lipinski definition) is 2. The van der Waals surface area contributed by atoms with Crippen LogP contribution in [0.5, 0.6) is 5.75 Å². The lowest BCUT2D eigenvalue weighted by molar-refractivity contribution is 0.251. The third-order valence-electron chi connectivity index (χ3n) is 5.43. The maximum Gasteiger partial charge on any atom is 0.319 e. The maximum absolute atomic E-state index is 12.9. The van der Waals surface area contributed by atoms with E-state index in [2.05, 4.69) is 15.7 Å². The number of fused-ring (bicyclic) bond motifs is 1. The molecule has 3 aromatic rings. The summed E-state index contributed by atoms with van der Waals surface area (Å²) in [4.78, 5) is 25.4. The van der Waals surface area contributed by atoms with Crippen LogP contribution < -0.4 is 20.9 Å². The molecular weight excluding hydrogens is 380 g/mol. The highest BCUT2D eigenvalue weighted by atomic mass is 16.5. The van der Waals surface area contributed by atoms with Crippen molar-refractivity contribution in [2.24, 2.45) is 0 Å². The van der Waals surface area contributed by atoms with Gasteiger partial charge in [0, 0.05) is 5.39 Å². The first kappa shape index (κ1) is 19.9. The second-order valence-electron chi connectivity index (χ2n) is 7.42. The number of hydrogen-bond acceptors (Lipinski definition) is 4. The molecule has 7 nitrogen and oxygen atoms in total. The largest absolute Gasteiger partial charge is 0.492 e. The van der Waals surface area contributed by atoms with E-state index in [1.165, 1.54) is 0 Å². The molecule has 2 amide bonds. The summed E-state index contributed by atoms with van der Waals surface area (Å²) in [5, 5.41) is 11.7. The van der Waals surface area contributed by atoms with Crippen molar-refractivity contribution in [3.63, 3.8) is 0 Å². The first-order chi connectivity index (χ1) is 14.7. The Balaban J connectivity index is 1.56. The summed E-state index contributed by atoms with van der Waals surface area (Å²) in [6.07, 6.45) is 4.15. The minimum Gasteiger partial charge on any atom is -0.492 e. The highest BCUT2D eigenvalue weighted by Crippen LogP contribution is 2.28. The van der Waals surface area contributed by atoms with Crippen molar-refractivity contribution in [2.75, 3.05) is 11.9 Å². The van der Waals surface area contributed by atoms with Gasteiger partial charge in [0.25, 0.3) is 5.56 Å². The van der Waals surface area contributed by atoms with E-state index >= 15 is 0 Å². The van der Waals surface area contributed by atoms with Crippen LogP contribution in [0.3, 0.4) is 0 Å². The zero-order valence-corrected chi connectivity index (χ0v) is 17.1. The van der Waals surface area contributed by atoms with Crippen molar-refractivity contribution in [1.29, 1.82) is 0 Å². The second kappa shape index (κ2) is 8.98. The van der Waals surface area contributed by atoms with Gasteiger partial charge in [-0.1, -0.05) is 43.2 Å². The summed E-state index contributed by atoms with van der Waals surface area (Å²) in [6.45, 7) is 2.63. The third kappa shape index (κ3) is 4.15. The number of urea groups is 1. The molecule has 1 aliphatic rings. The molecule has 0 radical (unpaired) electrons. The maximum atomic E-state index is 12.9. The molecule has 1 heterocycles. The number of nitrogens with zero attached hydrogens (tertiary/aromatic N) is 2. The predicted octanol–water partition coefficient (Wildman–Crippen LogP) is 4.23. The number of aromatic nitrogens is 2. The lowest BCUT2D eigenvalue weighted by Crippen LogP contribution is -2.32. The Hall–Kier alpha value is -3.35. The van der Waals surface area contributed by atoms with Crippen LogP contribution in [0.1, 0.15) is 44.3 Å². The van der Waals surface area contributed by atoms with Gasteiger partial charge < -0.3 is 15.4 Å². The third-order valence-corrected chi connectivity index (χ3v) is 5.43. The summed E-state index contributed by atoms with van der Waals surface area (Å²) >= 11 is 0. The second-order valence-corrected chi connectivity index (χ2v) is 7.42. The molecule has 1 saturated carbocycles. The van der Waals surface area contributed by atoms with Crippen molar-refractivity contribution in [2.45, 2.75) is 45.2 Å². The number of rotatable bonds is 6. The van der Waals surface area contributed by atoms with Gasteiger partial charge in [-0.3, -0.25) is 4.79 Å². The average Bonchev–Trinajstić information content (AvgIpc) is 3.30. The molecule has 7 heteroatoms. The molecule has 1 aromatic heterocycles. The fourth-order valence-electron chi connectivity index (χ4n) is 3.98. The Kier molecular flexibility index (Phi) is 5.97. The zero-order valence-electron chi connectivity index (χ0n) is 17.1. The molecule has 0 unspecified atom stereocenters. The van der Waals surface area contributed by atoms with Crippen LogP contribution in [0.4, 0.5) is 10.5 Å². The van der Waals surface area contributed by atoms with Gasteiger partial charge in [-0.25, -0.2) is 9.48 Å². The van der Waals surface area contributed by atoms with Gasteiger partial charge in [0.2, 0.25) is 0 Å². The fraction of sp³-hybridized carbons (Fsp3) is 0.348. The molecule has 2 aromatic carbocycles. The molecule has 0 atom stereocenters. The summed E-state index contributed by atoms with van der Waals surface area (Å²) in [7, 11) is 0. The van der Waals surface area contributed by atoms with E-state index in [1.807, 2.05) is 49.4 Å². The van der Waals surface area contributed by atoms with E-state index in [0.717, 1.165) is 31.1 Å². The Labute approximate surface area is 175 Å².